The molecule has 0 amide bonds. The fourth-order valence-corrected chi connectivity index (χ4v) is 1.55. The van der Waals surface area contributed by atoms with E-state index < -0.39 is 0 Å². The van der Waals surface area contributed by atoms with Crippen molar-refractivity contribution in [1.29, 1.82) is 0 Å². The summed E-state index contributed by atoms with van der Waals surface area (Å²) >= 11 is 0. The normalized spacial score (nSPS) is 9.43. The minimum atomic E-state index is -0.280. The topological polar surface area (TPSA) is 52.6 Å². The van der Waals surface area contributed by atoms with Gasteiger partial charge in [-0.05, 0) is 32.1 Å². The molecule has 0 spiro atoms. The molecule has 4 nitrogen and oxygen atoms in total. The number of rotatable bonds is 12. The van der Waals surface area contributed by atoms with Crippen LogP contribution in [0.15, 0.2) is 0 Å². The van der Waals surface area contributed by atoms with Crippen molar-refractivity contribution in [3.05, 3.63) is 0 Å². The third kappa shape index (κ3) is 14.3. The molecule has 0 fully saturated rings. The minimum Gasteiger partial charge on any atom is -0.466 e. The van der Waals surface area contributed by atoms with Crippen molar-refractivity contribution in [2.45, 2.75) is 57.8 Å². The highest BCUT2D eigenvalue weighted by molar-refractivity contribution is 5.72. The zero-order valence-electron chi connectivity index (χ0n) is 12.6. The SMILES string of the molecule is C#CCCCCOC(=O)CCCC(=O)OCCCCC#C. The number of carbonyl (C=O) groups excluding carboxylic acids is 2. The van der Waals surface area contributed by atoms with Gasteiger partial charge in [-0.15, -0.1) is 24.7 Å². The molecule has 0 aliphatic heterocycles. The second-order valence-corrected chi connectivity index (χ2v) is 4.62. The molecule has 0 N–H and O–H groups in total. The van der Waals surface area contributed by atoms with E-state index in [1.165, 1.54) is 0 Å². The van der Waals surface area contributed by atoms with Crippen molar-refractivity contribution in [2.75, 3.05) is 13.2 Å². The Kier molecular flexibility index (Phi) is 13.1. The highest BCUT2D eigenvalue weighted by atomic mass is 16.5. The first-order chi connectivity index (χ1) is 10.2. The summed E-state index contributed by atoms with van der Waals surface area (Å²) in [6, 6.07) is 0. The Hall–Kier alpha value is -1.94. The zero-order chi connectivity index (χ0) is 15.8. The molecule has 0 heterocycles. The van der Waals surface area contributed by atoms with Crippen LogP contribution in [0, 0.1) is 24.7 Å². The molecular weight excluding hydrogens is 268 g/mol. The Balaban J connectivity index is 3.39. The number of carbonyl (C=O) groups is 2. The van der Waals surface area contributed by atoms with Gasteiger partial charge in [-0.3, -0.25) is 9.59 Å². The van der Waals surface area contributed by atoms with E-state index >= 15 is 0 Å². The predicted octanol–water partition coefficient (Wildman–Crippen LogP) is 2.85. The Bertz CT molecular complexity index is 337. The van der Waals surface area contributed by atoms with Crippen LogP contribution in [0.25, 0.3) is 0 Å². The number of esters is 2. The summed E-state index contributed by atoms with van der Waals surface area (Å²) in [5, 5.41) is 0. The Morgan fingerprint density at radius 1 is 0.714 bits per heavy atom. The van der Waals surface area contributed by atoms with Gasteiger partial charge >= 0.3 is 11.9 Å². The summed E-state index contributed by atoms with van der Waals surface area (Å²) in [7, 11) is 0. The third-order valence-corrected chi connectivity index (χ3v) is 2.72. The van der Waals surface area contributed by atoms with Crippen LogP contribution in [0.3, 0.4) is 0 Å². The fraction of sp³-hybridized carbons (Fsp3) is 0.647. The average Bonchev–Trinajstić information content (AvgIpc) is 2.47. The van der Waals surface area contributed by atoms with Crippen LogP contribution < -0.4 is 0 Å². The lowest BCUT2D eigenvalue weighted by molar-refractivity contribution is -0.145. The number of hydrogen-bond donors (Lipinski definition) is 0. The minimum absolute atomic E-state index is 0.237. The first-order valence-corrected chi connectivity index (χ1v) is 7.39. The van der Waals surface area contributed by atoms with Crippen LogP contribution in [0.2, 0.25) is 0 Å². The number of hydrogen-bond acceptors (Lipinski definition) is 4. The molecule has 21 heavy (non-hydrogen) atoms. The van der Waals surface area contributed by atoms with Crippen LogP contribution >= 0.6 is 0 Å². The van der Waals surface area contributed by atoms with Crippen molar-refractivity contribution in [3.8, 4) is 24.7 Å². The van der Waals surface area contributed by atoms with E-state index in [9.17, 15) is 9.59 Å². The average molecular weight is 292 g/mol. The largest absolute Gasteiger partial charge is 0.466 e. The van der Waals surface area contributed by atoms with Crippen LogP contribution in [-0.2, 0) is 19.1 Å². The molecule has 0 aliphatic carbocycles. The lowest BCUT2D eigenvalue weighted by atomic mass is 10.2. The van der Waals surface area contributed by atoms with Gasteiger partial charge in [0.1, 0.15) is 0 Å². The number of terminal acetylenes is 2. The Morgan fingerprint density at radius 3 is 1.52 bits per heavy atom. The summed E-state index contributed by atoms with van der Waals surface area (Å²) in [5.41, 5.74) is 0. The highest BCUT2D eigenvalue weighted by Crippen LogP contribution is 2.03. The second-order valence-electron chi connectivity index (χ2n) is 4.62. The van der Waals surface area contributed by atoms with Gasteiger partial charge < -0.3 is 9.47 Å². The molecule has 0 aliphatic rings. The fourth-order valence-electron chi connectivity index (χ4n) is 1.55. The van der Waals surface area contributed by atoms with Gasteiger partial charge in [-0.1, -0.05) is 0 Å². The molecule has 0 rings (SSSR count). The van der Waals surface area contributed by atoms with Crippen molar-refractivity contribution in [3.63, 3.8) is 0 Å². The lowest BCUT2D eigenvalue weighted by Crippen LogP contribution is -2.09. The molecule has 0 aromatic rings. The first-order valence-electron chi connectivity index (χ1n) is 7.39. The standard InChI is InChI=1S/C17H24O4/c1-3-5-7-9-14-20-16(18)12-11-13-17(19)21-15-10-8-6-4-2/h1-2H,5-15H2. The van der Waals surface area contributed by atoms with E-state index in [4.69, 9.17) is 22.3 Å². The molecule has 0 unspecified atom stereocenters. The van der Waals surface area contributed by atoms with E-state index in [1.54, 1.807) is 0 Å². The molecule has 0 atom stereocenters. The summed E-state index contributed by atoms with van der Waals surface area (Å²) in [4.78, 5) is 22.7. The van der Waals surface area contributed by atoms with Crippen molar-refractivity contribution in [1.82, 2.24) is 0 Å². The Labute approximate surface area is 127 Å². The maximum Gasteiger partial charge on any atom is 0.305 e. The summed E-state index contributed by atoms with van der Waals surface area (Å²) in [6.45, 7) is 0.778. The van der Waals surface area contributed by atoms with E-state index in [2.05, 4.69) is 11.8 Å². The number of unbranched alkanes of at least 4 members (excludes halogenated alkanes) is 4. The maximum absolute atomic E-state index is 11.4. The van der Waals surface area contributed by atoms with Gasteiger partial charge in [-0.25, -0.2) is 0 Å². The summed E-state index contributed by atoms with van der Waals surface area (Å²) in [6.07, 6.45) is 15.8. The van der Waals surface area contributed by atoms with Crippen molar-refractivity contribution < 1.29 is 19.1 Å². The third-order valence-electron chi connectivity index (χ3n) is 2.72. The highest BCUT2D eigenvalue weighted by Gasteiger charge is 2.07. The molecule has 0 aromatic heterocycles. The maximum atomic E-state index is 11.4. The van der Waals surface area contributed by atoms with Crippen molar-refractivity contribution >= 4 is 11.9 Å². The van der Waals surface area contributed by atoms with Crippen LogP contribution in [0.1, 0.15) is 57.8 Å². The first kappa shape index (κ1) is 19.1. The molecular formula is C17H24O4. The zero-order valence-corrected chi connectivity index (χ0v) is 12.6. The van der Waals surface area contributed by atoms with Crippen LogP contribution in [0.5, 0.6) is 0 Å². The molecule has 4 heteroatoms. The molecule has 0 aromatic carbocycles. The predicted molar refractivity (Wildman–Crippen MR) is 81.1 cm³/mol. The van der Waals surface area contributed by atoms with E-state index in [0.717, 1.165) is 25.7 Å². The van der Waals surface area contributed by atoms with Gasteiger partial charge in [0.15, 0.2) is 0 Å². The van der Waals surface area contributed by atoms with E-state index in [0.29, 0.717) is 32.5 Å². The number of ether oxygens (including phenoxy) is 2. The van der Waals surface area contributed by atoms with Gasteiger partial charge in [-0.2, -0.15) is 0 Å². The molecule has 0 saturated carbocycles. The second kappa shape index (κ2) is 14.5. The van der Waals surface area contributed by atoms with E-state index in [-0.39, 0.29) is 24.8 Å². The molecule has 116 valence electrons. The van der Waals surface area contributed by atoms with Gasteiger partial charge in [0.25, 0.3) is 0 Å². The molecule has 0 bridgehead atoms. The van der Waals surface area contributed by atoms with Gasteiger partial charge in [0.05, 0.1) is 13.2 Å². The molecule has 0 radical (unpaired) electrons. The Morgan fingerprint density at radius 2 is 1.14 bits per heavy atom. The van der Waals surface area contributed by atoms with Gasteiger partial charge in [0, 0.05) is 25.7 Å². The van der Waals surface area contributed by atoms with Crippen LogP contribution in [-0.4, -0.2) is 25.2 Å². The monoisotopic (exact) mass is 292 g/mol. The lowest BCUT2D eigenvalue weighted by Gasteiger charge is -2.05. The van der Waals surface area contributed by atoms with Crippen LogP contribution in [0.4, 0.5) is 0 Å². The van der Waals surface area contributed by atoms with Crippen molar-refractivity contribution in [2.24, 2.45) is 0 Å². The smallest absolute Gasteiger partial charge is 0.305 e. The quantitative estimate of drug-likeness (QED) is 0.315. The summed E-state index contributed by atoms with van der Waals surface area (Å²) in [5.74, 6) is 4.50. The van der Waals surface area contributed by atoms with E-state index in [1.807, 2.05) is 0 Å². The summed E-state index contributed by atoms with van der Waals surface area (Å²) < 4.78 is 10.0. The molecule has 0 saturated heterocycles. The van der Waals surface area contributed by atoms with Gasteiger partial charge in [0.2, 0.25) is 0 Å².